The van der Waals surface area contributed by atoms with Gasteiger partial charge in [0.05, 0.1) is 0 Å². The number of carboxylic acids is 1. The summed E-state index contributed by atoms with van der Waals surface area (Å²) in [7, 11) is 0. The monoisotopic (exact) mass is 586 g/mol. The second kappa shape index (κ2) is 33.4. The van der Waals surface area contributed by atoms with Gasteiger partial charge in [0, 0.05) is 12.8 Å². The van der Waals surface area contributed by atoms with E-state index < -0.39 is 5.97 Å². The van der Waals surface area contributed by atoms with E-state index in [1.54, 1.807) is 0 Å². The number of allylic oxidation sites excluding steroid dienone is 8. The molecular weight excluding hydrogens is 520 g/mol. The van der Waals surface area contributed by atoms with Crippen LogP contribution in [0, 0.1) is 0 Å². The van der Waals surface area contributed by atoms with Crippen molar-refractivity contribution in [2.45, 2.75) is 180 Å². The minimum Gasteiger partial charge on any atom is -0.481 e. The number of esters is 1. The van der Waals surface area contributed by atoms with E-state index in [1.807, 2.05) is 0 Å². The van der Waals surface area contributed by atoms with Crippen molar-refractivity contribution in [2.75, 3.05) is 0 Å². The molecule has 1 unspecified atom stereocenters. The Labute approximate surface area is 260 Å². The van der Waals surface area contributed by atoms with E-state index in [0.717, 1.165) is 89.9 Å². The summed E-state index contributed by atoms with van der Waals surface area (Å²) in [6, 6.07) is 0. The molecular formula is C38H66O4. The Bertz CT molecular complexity index is 719. The summed E-state index contributed by atoms with van der Waals surface area (Å²) < 4.78 is 5.90. The average molecular weight is 587 g/mol. The molecule has 0 amide bonds. The lowest BCUT2D eigenvalue weighted by Gasteiger charge is -2.18. The molecule has 4 nitrogen and oxygen atoms in total. The van der Waals surface area contributed by atoms with Gasteiger partial charge in [-0.3, -0.25) is 9.59 Å². The second-order valence-corrected chi connectivity index (χ2v) is 11.7. The molecule has 42 heavy (non-hydrogen) atoms. The molecule has 1 atom stereocenters. The lowest BCUT2D eigenvalue weighted by Crippen LogP contribution is -2.18. The molecule has 0 rings (SSSR count). The van der Waals surface area contributed by atoms with Crippen LogP contribution in [-0.2, 0) is 14.3 Å². The fraction of sp³-hybridized carbons (Fsp3) is 0.737. The molecule has 0 radical (unpaired) electrons. The molecule has 0 spiro atoms. The molecule has 1 N–H and O–H groups in total. The number of hydrogen-bond donors (Lipinski definition) is 1. The van der Waals surface area contributed by atoms with Gasteiger partial charge in [0.15, 0.2) is 0 Å². The Morgan fingerprint density at radius 3 is 1.48 bits per heavy atom. The quantitative estimate of drug-likeness (QED) is 0.0498. The molecule has 242 valence electrons. The van der Waals surface area contributed by atoms with Crippen LogP contribution in [0.1, 0.15) is 174 Å². The fourth-order valence-electron chi connectivity index (χ4n) is 4.93. The second-order valence-electron chi connectivity index (χ2n) is 11.7. The summed E-state index contributed by atoms with van der Waals surface area (Å²) in [5.41, 5.74) is 0. The first-order valence-corrected chi connectivity index (χ1v) is 17.6. The van der Waals surface area contributed by atoms with Gasteiger partial charge in [-0.15, -0.1) is 0 Å². The molecule has 0 aromatic heterocycles. The van der Waals surface area contributed by atoms with E-state index >= 15 is 0 Å². The zero-order valence-corrected chi connectivity index (χ0v) is 27.5. The Hall–Kier alpha value is -2.10. The highest BCUT2D eigenvalue weighted by Gasteiger charge is 2.14. The van der Waals surface area contributed by atoms with E-state index in [4.69, 9.17) is 9.84 Å². The van der Waals surface area contributed by atoms with E-state index in [0.29, 0.717) is 6.42 Å². The molecule has 0 aromatic rings. The Kier molecular flexibility index (Phi) is 31.7. The predicted octanol–water partition coefficient (Wildman–Crippen LogP) is 12.0. The third-order valence-corrected chi connectivity index (χ3v) is 7.55. The summed E-state index contributed by atoms with van der Waals surface area (Å²) in [4.78, 5) is 23.2. The number of ether oxygens (including phenoxy) is 1. The summed E-state index contributed by atoms with van der Waals surface area (Å²) >= 11 is 0. The summed E-state index contributed by atoms with van der Waals surface area (Å²) in [6.45, 7) is 4.48. The van der Waals surface area contributed by atoms with Gasteiger partial charge >= 0.3 is 11.9 Å². The van der Waals surface area contributed by atoms with Gasteiger partial charge in [-0.1, -0.05) is 127 Å². The molecule has 0 saturated carbocycles. The van der Waals surface area contributed by atoms with E-state index in [-0.39, 0.29) is 18.5 Å². The maximum absolute atomic E-state index is 12.5. The van der Waals surface area contributed by atoms with E-state index in [1.165, 1.54) is 57.8 Å². The van der Waals surface area contributed by atoms with Crippen molar-refractivity contribution in [2.24, 2.45) is 0 Å². The number of carboxylic acid groups (broad SMARTS) is 1. The van der Waals surface area contributed by atoms with Gasteiger partial charge in [0.1, 0.15) is 6.10 Å². The van der Waals surface area contributed by atoms with Crippen LogP contribution in [0.5, 0.6) is 0 Å². The molecule has 0 aromatic carbocycles. The summed E-state index contributed by atoms with van der Waals surface area (Å²) in [5.74, 6) is -0.765. The van der Waals surface area contributed by atoms with Crippen molar-refractivity contribution in [3.8, 4) is 0 Å². The average Bonchev–Trinajstić information content (AvgIpc) is 2.97. The first kappa shape index (κ1) is 39.9. The normalized spacial score (nSPS) is 12.8. The number of hydrogen-bond acceptors (Lipinski definition) is 3. The third kappa shape index (κ3) is 32.4. The Balaban J connectivity index is 3.96. The minimum absolute atomic E-state index is 0.0202. The first-order chi connectivity index (χ1) is 20.6. The highest BCUT2D eigenvalue weighted by Crippen LogP contribution is 2.18. The fourth-order valence-corrected chi connectivity index (χ4v) is 4.93. The van der Waals surface area contributed by atoms with Gasteiger partial charge in [-0.25, -0.2) is 0 Å². The van der Waals surface area contributed by atoms with Gasteiger partial charge in [0.2, 0.25) is 0 Å². The van der Waals surface area contributed by atoms with Crippen LogP contribution in [0.2, 0.25) is 0 Å². The van der Waals surface area contributed by atoms with Crippen LogP contribution in [0.15, 0.2) is 48.6 Å². The number of carbonyl (C=O) groups excluding carboxylic acids is 1. The molecule has 0 aliphatic rings. The molecule has 0 heterocycles. The zero-order chi connectivity index (χ0) is 30.8. The van der Waals surface area contributed by atoms with Crippen LogP contribution in [0.4, 0.5) is 0 Å². The van der Waals surface area contributed by atoms with Crippen molar-refractivity contribution in [1.82, 2.24) is 0 Å². The largest absolute Gasteiger partial charge is 0.481 e. The van der Waals surface area contributed by atoms with Gasteiger partial charge < -0.3 is 9.84 Å². The lowest BCUT2D eigenvalue weighted by atomic mass is 10.0. The SMILES string of the molecule is CCCCC/C=C\C/C=C\C/C=C\C/C=C\CCCCCC(=O)OC(CCCCCCCC)CCCCCCC(=O)O. The maximum atomic E-state index is 12.5. The van der Waals surface area contributed by atoms with Gasteiger partial charge in [-0.2, -0.15) is 0 Å². The Morgan fingerprint density at radius 1 is 0.524 bits per heavy atom. The molecule has 0 saturated heterocycles. The number of carbonyl (C=O) groups is 2. The highest BCUT2D eigenvalue weighted by atomic mass is 16.5. The van der Waals surface area contributed by atoms with Crippen molar-refractivity contribution in [3.63, 3.8) is 0 Å². The zero-order valence-electron chi connectivity index (χ0n) is 27.5. The standard InChI is InChI=1S/C38H66O4/c1-3-5-7-9-11-12-13-14-15-16-17-18-19-20-21-22-23-25-31-35-38(41)42-36(32-28-24-10-8-6-4-2)33-29-26-27-30-34-37(39)40/h11-12,14-15,17-18,20-21,36H,3-10,13,16,19,22-35H2,1-2H3,(H,39,40)/b12-11-,15-14-,18-17-,21-20-. The smallest absolute Gasteiger partial charge is 0.306 e. The topological polar surface area (TPSA) is 63.6 Å². The first-order valence-electron chi connectivity index (χ1n) is 17.6. The van der Waals surface area contributed by atoms with Crippen molar-refractivity contribution in [3.05, 3.63) is 48.6 Å². The van der Waals surface area contributed by atoms with E-state index in [2.05, 4.69) is 62.5 Å². The van der Waals surface area contributed by atoms with Crippen LogP contribution < -0.4 is 0 Å². The van der Waals surface area contributed by atoms with Crippen molar-refractivity contribution < 1.29 is 19.4 Å². The molecule has 0 bridgehead atoms. The molecule has 4 heteroatoms. The summed E-state index contributed by atoms with van der Waals surface area (Å²) in [6.07, 6.45) is 44.1. The lowest BCUT2D eigenvalue weighted by molar-refractivity contribution is -0.150. The summed E-state index contributed by atoms with van der Waals surface area (Å²) in [5, 5.41) is 8.79. The van der Waals surface area contributed by atoms with Gasteiger partial charge in [0.25, 0.3) is 0 Å². The molecule has 0 fully saturated rings. The number of aliphatic carboxylic acids is 1. The van der Waals surface area contributed by atoms with Crippen molar-refractivity contribution >= 4 is 11.9 Å². The minimum atomic E-state index is -0.718. The van der Waals surface area contributed by atoms with Crippen LogP contribution in [0.25, 0.3) is 0 Å². The highest BCUT2D eigenvalue weighted by molar-refractivity contribution is 5.69. The van der Waals surface area contributed by atoms with E-state index in [9.17, 15) is 9.59 Å². The molecule has 0 aliphatic carbocycles. The van der Waals surface area contributed by atoms with Crippen molar-refractivity contribution in [1.29, 1.82) is 0 Å². The third-order valence-electron chi connectivity index (χ3n) is 7.55. The number of unbranched alkanes of at least 4 members (excludes halogenated alkanes) is 14. The van der Waals surface area contributed by atoms with Crippen LogP contribution >= 0.6 is 0 Å². The van der Waals surface area contributed by atoms with Gasteiger partial charge in [-0.05, 0) is 83.5 Å². The Morgan fingerprint density at radius 2 is 0.929 bits per heavy atom. The molecule has 0 aliphatic heterocycles. The maximum Gasteiger partial charge on any atom is 0.306 e. The number of rotatable bonds is 31. The van der Waals surface area contributed by atoms with Crippen LogP contribution in [-0.4, -0.2) is 23.1 Å². The van der Waals surface area contributed by atoms with Crippen LogP contribution in [0.3, 0.4) is 0 Å². The predicted molar refractivity (Wildman–Crippen MR) is 181 cm³/mol.